The Morgan fingerprint density at radius 2 is 2.44 bits per heavy atom. The van der Waals surface area contributed by atoms with Crippen LogP contribution in [0.3, 0.4) is 0 Å². The zero-order valence-electron chi connectivity index (χ0n) is 11.2. The third-order valence-corrected chi connectivity index (χ3v) is 3.80. The minimum atomic E-state index is 0.0953. The monoisotopic (exact) mass is 249 g/mol. The lowest BCUT2D eigenvalue weighted by atomic mass is 9.80. The molecule has 3 atom stereocenters. The number of hydrogen-bond donors (Lipinski definition) is 2. The summed E-state index contributed by atoms with van der Waals surface area (Å²) in [6, 6.07) is 4.31. The van der Waals surface area contributed by atoms with Crippen molar-refractivity contribution in [2.75, 3.05) is 6.61 Å². The number of pyridine rings is 1. The zero-order chi connectivity index (χ0) is 13.0. The Balaban J connectivity index is 2.22. The van der Waals surface area contributed by atoms with E-state index in [9.17, 15) is 0 Å². The summed E-state index contributed by atoms with van der Waals surface area (Å²) < 4.78 is 5.69. The summed E-state index contributed by atoms with van der Waals surface area (Å²) in [5.74, 6) is 6.08. The van der Waals surface area contributed by atoms with Gasteiger partial charge in [-0.05, 0) is 44.7 Å². The first kappa shape index (κ1) is 13.5. The highest BCUT2D eigenvalue weighted by atomic mass is 16.5. The molecule has 1 aliphatic rings. The summed E-state index contributed by atoms with van der Waals surface area (Å²) in [4.78, 5) is 4.56. The van der Waals surface area contributed by atoms with E-state index in [1.165, 1.54) is 17.7 Å². The summed E-state index contributed by atoms with van der Waals surface area (Å²) in [5.41, 5.74) is 5.48. The van der Waals surface area contributed by atoms with Crippen molar-refractivity contribution in [3.05, 3.63) is 29.6 Å². The molecule has 4 heteroatoms. The molecule has 0 saturated carbocycles. The van der Waals surface area contributed by atoms with Gasteiger partial charge in [0, 0.05) is 24.4 Å². The molecule has 0 bridgehead atoms. The Labute approximate surface area is 109 Å². The largest absolute Gasteiger partial charge is 0.377 e. The van der Waals surface area contributed by atoms with Crippen molar-refractivity contribution in [3.63, 3.8) is 0 Å². The molecule has 0 saturated heterocycles. The van der Waals surface area contributed by atoms with Crippen LogP contribution in [0.4, 0.5) is 0 Å². The molecular formula is C14H23N3O. The van der Waals surface area contributed by atoms with Crippen molar-refractivity contribution in [1.82, 2.24) is 10.4 Å². The topological polar surface area (TPSA) is 60.2 Å². The molecule has 3 unspecified atom stereocenters. The quantitative estimate of drug-likeness (QED) is 0.616. The maximum absolute atomic E-state index is 5.73. The fraction of sp³-hybridized carbons (Fsp3) is 0.643. The molecule has 0 fully saturated rings. The number of aryl methyl sites for hydroxylation is 1. The van der Waals surface area contributed by atoms with Gasteiger partial charge in [0.25, 0.3) is 0 Å². The molecule has 1 heterocycles. The number of nitrogens with zero attached hydrogens (tertiary/aromatic N) is 1. The van der Waals surface area contributed by atoms with Crippen LogP contribution in [-0.2, 0) is 11.2 Å². The Morgan fingerprint density at radius 1 is 1.61 bits per heavy atom. The lowest BCUT2D eigenvalue weighted by Crippen LogP contribution is -2.48. The SMILES string of the molecule is CCOC(C)C(NN)C1CCCc2cccnc21. The number of nitrogens with one attached hydrogen (secondary N) is 1. The molecule has 1 aromatic heterocycles. The van der Waals surface area contributed by atoms with Crippen molar-refractivity contribution in [3.8, 4) is 0 Å². The lowest BCUT2D eigenvalue weighted by Gasteiger charge is -2.34. The third kappa shape index (κ3) is 2.71. The van der Waals surface area contributed by atoms with E-state index in [1.807, 2.05) is 19.2 Å². The summed E-state index contributed by atoms with van der Waals surface area (Å²) in [6.45, 7) is 4.80. The summed E-state index contributed by atoms with van der Waals surface area (Å²) in [5, 5.41) is 0. The second kappa shape index (κ2) is 6.27. The minimum absolute atomic E-state index is 0.0953. The number of hydrazine groups is 1. The predicted molar refractivity (Wildman–Crippen MR) is 72.1 cm³/mol. The molecule has 0 spiro atoms. The summed E-state index contributed by atoms with van der Waals surface area (Å²) in [7, 11) is 0. The Bertz CT molecular complexity index is 383. The van der Waals surface area contributed by atoms with E-state index in [2.05, 4.69) is 23.4 Å². The molecule has 0 aromatic carbocycles. The summed E-state index contributed by atoms with van der Waals surface area (Å²) in [6.07, 6.45) is 5.41. The number of nitrogens with two attached hydrogens (primary N) is 1. The minimum Gasteiger partial charge on any atom is -0.377 e. The van der Waals surface area contributed by atoms with Crippen molar-refractivity contribution in [2.45, 2.75) is 51.2 Å². The van der Waals surface area contributed by atoms with Gasteiger partial charge in [-0.25, -0.2) is 0 Å². The van der Waals surface area contributed by atoms with Crippen molar-refractivity contribution < 1.29 is 4.74 Å². The molecule has 1 aromatic rings. The third-order valence-electron chi connectivity index (χ3n) is 3.80. The van der Waals surface area contributed by atoms with E-state index in [0.29, 0.717) is 12.5 Å². The van der Waals surface area contributed by atoms with Crippen LogP contribution >= 0.6 is 0 Å². The van der Waals surface area contributed by atoms with Gasteiger partial charge in [-0.2, -0.15) is 0 Å². The zero-order valence-corrected chi connectivity index (χ0v) is 11.2. The van der Waals surface area contributed by atoms with E-state index in [-0.39, 0.29) is 12.1 Å². The molecule has 0 amide bonds. The van der Waals surface area contributed by atoms with Crippen LogP contribution in [0.1, 0.15) is 43.9 Å². The highest BCUT2D eigenvalue weighted by Crippen LogP contribution is 2.33. The molecular weight excluding hydrogens is 226 g/mol. The first-order valence-electron chi connectivity index (χ1n) is 6.79. The van der Waals surface area contributed by atoms with Crippen LogP contribution in [0.25, 0.3) is 0 Å². The molecule has 4 nitrogen and oxygen atoms in total. The molecule has 3 N–H and O–H groups in total. The van der Waals surface area contributed by atoms with Crippen LogP contribution in [0.15, 0.2) is 18.3 Å². The molecule has 2 rings (SSSR count). The highest BCUT2D eigenvalue weighted by Gasteiger charge is 2.32. The maximum atomic E-state index is 5.73. The van der Waals surface area contributed by atoms with Gasteiger partial charge in [0.1, 0.15) is 0 Å². The standard InChI is InChI=1S/C14H23N3O/c1-3-18-10(2)13(17-15)12-8-4-6-11-7-5-9-16-14(11)12/h5,7,9-10,12-13,17H,3-4,6,8,15H2,1-2H3. The van der Waals surface area contributed by atoms with Crippen molar-refractivity contribution in [1.29, 1.82) is 0 Å². The van der Waals surface area contributed by atoms with Gasteiger partial charge < -0.3 is 4.74 Å². The van der Waals surface area contributed by atoms with E-state index in [4.69, 9.17) is 10.6 Å². The first-order valence-corrected chi connectivity index (χ1v) is 6.79. The Hall–Kier alpha value is -0.970. The number of ether oxygens (including phenoxy) is 1. The number of fused-ring (bicyclic) bond motifs is 1. The van der Waals surface area contributed by atoms with E-state index < -0.39 is 0 Å². The molecule has 100 valence electrons. The van der Waals surface area contributed by atoms with E-state index >= 15 is 0 Å². The van der Waals surface area contributed by atoms with Gasteiger partial charge >= 0.3 is 0 Å². The van der Waals surface area contributed by atoms with Crippen LogP contribution in [-0.4, -0.2) is 23.7 Å². The van der Waals surface area contributed by atoms with Crippen molar-refractivity contribution in [2.24, 2.45) is 5.84 Å². The molecule has 0 aliphatic heterocycles. The average Bonchev–Trinajstić information content (AvgIpc) is 2.40. The van der Waals surface area contributed by atoms with Gasteiger partial charge in [-0.1, -0.05) is 6.07 Å². The Kier molecular flexibility index (Phi) is 4.69. The number of hydrogen-bond acceptors (Lipinski definition) is 4. The second-order valence-electron chi connectivity index (χ2n) is 4.90. The van der Waals surface area contributed by atoms with Crippen molar-refractivity contribution >= 4 is 0 Å². The Morgan fingerprint density at radius 3 is 3.17 bits per heavy atom. The van der Waals surface area contributed by atoms with Gasteiger partial charge in [0.05, 0.1) is 12.1 Å². The highest BCUT2D eigenvalue weighted by molar-refractivity contribution is 5.27. The van der Waals surface area contributed by atoms with Crippen LogP contribution < -0.4 is 11.3 Å². The van der Waals surface area contributed by atoms with Crippen LogP contribution in [0, 0.1) is 0 Å². The fourth-order valence-corrected chi connectivity index (χ4v) is 2.94. The number of aromatic nitrogens is 1. The van der Waals surface area contributed by atoms with Gasteiger partial charge in [0.2, 0.25) is 0 Å². The first-order chi connectivity index (χ1) is 8.77. The smallest absolute Gasteiger partial charge is 0.0719 e. The number of rotatable bonds is 5. The van der Waals surface area contributed by atoms with E-state index in [0.717, 1.165) is 12.8 Å². The van der Waals surface area contributed by atoms with Gasteiger partial charge in [-0.3, -0.25) is 16.3 Å². The van der Waals surface area contributed by atoms with Gasteiger partial charge in [0.15, 0.2) is 0 Å². The maximum Gasteiger partial charge on any atom is 0.0719 e. The molecule has 0 radical (unpaired) electrons. The average molecular weight is 249 g/mol. The fourth-order valence-electron chi connectivity index (χ4n) is 2.94. The lowest BCUT2D eigenvalue weighted by molar-refractivity contribution is 0.0374. The van der Waals surface area contributed by atoms with Crippen LogP contribution in [0.5, 0.6) is 0 Å². The predicted octanol–water partition coefficient (Wildman–Crippen LogP) is 1.76. The second-order valence-corrected chi connectivity index (χ2v) is 4.90. The molecule has 1 aliphatic carbocycles. The van der Waals surface area contributed by atoms with Gasteiger partial charge in [-0.15, -0.1) is 0 Å². The molecule has 18 heavy (non-hydrogen) atoms. The normalized spacial score (nSPS) is 22.3. The summed E-state index contributed by atoms with van der Waals surface area (Å²) >= 11 is 0. The van der Waals surface area contributed by atoms with E-state index in [1.54, 1.807) is 0 Å². The van der Waals surface area contributed by atoms with Crippen LogP contribution in [0.2, 0.25) is 0 Å².